The minimum atomic E-state index is 0.0865. The maximum Gasteiger partial charge on any atom is 0.191 e. The molecule has 0 fully saturated rings. The summed E-state index contributed by atoms with van der Waals surface area (Å²) in [7, 11) is 0. The fourth-order valence-electron chi connectivity index (χ4n) is 3.58. The molecule has 3 aromatic carbocycles. The Labute approximate surface area is 208 Å². The molecule has 0 spiro atoms. The number of thioether (sulfide) groups is 2. The van der Waals surface area contributed by atoms with Crippen LogP contribution in [0.15, 0.2) is 98.5 Å². The zero-order valence-corrected chi connectivity index (χ0v) is 20.6. The van der Waals surface area contributed by atoms with Gasteiger partial charge in [0.05, 0.1) is 4.24 Å². The Morgan fingerprint density at radius 2 is 1.41 bits per heavy atom. The van der Waals surface area contributed by atoms with E-state index in [4.69, 9.17) is 23.2 Å². The third kappa shape index (κ3) is 5.55. The Morgan fingerprint density at radius 1 is 0.781 bits per heavy atom. The zero-order chi connectivity index (χ0) is 22.3. The number of carbonyl (C=O) groups excluding carboxylic acids is 1. The second kappa shape index (κ2) is 11.3. The summed E-state index contributed by atoms with van der Waals surface area (Å²) in [5, 5.41) is 0. The van der Waals surface area contributed by atoms with Crippen LogP contribution in [0, 0.1) is 0 Å². The van der Waals surface area contributed by atoms with E-state index in [9.17, 15) is 4.79 Å². The Bertz CT molecular complexity index is 1100. The first kappa shape index (κ1) is 23.3. The van der Waals surface area contributed by atoms with Gasteiger partial charge in [-0.2, -0.15) is 0 Å². The molecule has 4 rings (SSSR count). The van der Waals surface area contributed by atoms with Gasteiger partial charge in [0.25, 0.3) is 0 Å². The van der Waals surface area contributed by atoms with Gasteiger partial charge in [-0.15, -0.1) is 23.2 Å². The van der Waals surface area contributed by atoms with E-state index in [0.29, 0.717) is 18.2 Å². The fourth-order valence-corrected chi connectivity index (χ4v) is 6.57. The molecule has 0 amide bonds. The smallest absolute Gasteiger partial charge is 0.191 e. The maximum atomic E-state index is 13.5. The van der Waals surface area contributed by atoms with E-state index >= 15 is 0 Å². The van der Waals surface area contributed by atoms with E-state index in [-0.39, 0.29) is 5.78 Å². The van der Waals surface area contributed by atoms with E-state index in [1.165, 1.54) is 9.79 Å². The normalized spacial score (nSPS) is 14.2. The van der Waals surface area contributed by atoms with Gasteiger partial charge < -0.3 is 4.90 Å². The molecule has 6 heteroatoms. The van der Waals surface area contributed by atoms with Crippen LogP contribution >= 0.6 is 46.7 Å². The molecule has 0 radical (unpaired) electrons. The van der Waals surface area contributed by atoms with Crippen LogP contribution in [0.1, 0.15) is 15.9 Å². The lowest BCUT2D eigenvalue weighted by atomic mass is 9.98. The van der Waals surface area contributed by atoms with Crippen molar-refractivity contribution in [3.8, 4) is 0 Å². The number of ketones is 1. The number of hydrogen-bond acceptors (Lipinski definition) is 4. The molecule has 3 aromatic rings. The molecule has 0 N–H and O–H groups in total. The highest BCUT2D eigenvalue weighted by atomic mass is 35.5. The third-order valence-corrected chi connectivity index (χ3v) is 8.15. The monoisotopic (exact) mass is 499 g/mol. The summed E-state index contributed by atoms with van der Waals surface area (Å²) in [4.78, 5) is 18.1. The second-order valence-corrected chi connectivity index (χ2v) is 10.4. The van der Waals surface area contributed by atoms with Crippen LogP contribution in [-0.2, 0) is 6.42 Å². The summed E-state index contributed by atoms with van der Waals surface area (Å²) in [6, 6.07) is 26.2. The number of halogens is 2. The highest BCUT2D eigenvalue weighted by Crippen LogP contribution is 2.53. The Balaban J connectivity index is 1.68. The lowest BCUT2D eigenvalue weighted by Crippen LogP contribution is -2.27. The van der Waals surface area contributed by atoms with Crippen LogP contribution in [0.2, 0.25) is 0 Å². The zero-order valence-electron chi connectivity index (χ0n) is 17.5. The first-order chi connectivity index (χ1) is 15.7. The van der Waals surface area contributed by atoms with E-state index in [2.05, 4.69) is 35.2 Å². The summed E-state index contributed by atoms with van der Waals surface area (Å²) in [5.41, 5.74) is 3.80. The molecule has 1 heterocycles. The first-order valence-electron chi connectivity index (χ1n) is 10.4. The predicted octanol–water partition coefficient (Wildman–Crippen LogP) is 7.51. The summed E-state index contributed by atoms with van der Waals surface area (Å²) < 4.78 is 1.05. The van der Waals surface area contributed by atoms with Gasteiger partial charge in [0.15, 0.2) is 5.78 Å². The minimum Gasteiger partial charge on any atom is -0.369 e. The molecule has 0 unspecified atom stereocenters. The number of rotatable bonds is 9. The summed E-state index contributed by atoms with van der Waals surface area (Å²) in [5.74, 6) is 1.19. The van der Waals surface area contributed by atoms with Crippen LogP contribution in [0.5, 0.6) is 0 Å². The Hall–Kier alpha value is -1.85. The molecule has 1 aliphatic heterocycles. The van der Waals surface area contributed by atoms with Gasteiger partial charge in [0.1, 0.15) is 0 Å². The fraction of sp³-hybridized carbons (Fsp3) is 0.192. The van der Waals surface area contributed by atoms with Gasteiger partial charge in [0.2, 0.25) is 0 Å². The van der Waals surface area contributed by atoms with Crippen LogP contribution in [0.4, 0.5) is 5.69 Å². The molecule has 0 saturated heterocycles. The lowest BCUT2D eigenvalue weighted by Gasteiger charge is -2.23. The van der Waals surface area contributed by atoms with Gasteiger partial charge in [-0.25, -0.2) is 0 Å². The van der Waals surface area contributed by atoms with Crippen molar-refractivity contribution >= 4 is 58.2 Å². The molecule has 32 heavy (non-hydrogen) atoms. The average Bonchev–Trinajstić information content (AvgIpc) is 3.26. The molecule has 2 nitrogen and oxygen atoms in total. The van der Waals surface area contributed by atoms with Crippen molar-refractivity contribution in [1.29, 1.82) is 0 Å². The van der Waals surface area contributed by atoms with Crippen molar-refractivity contribution in [2.24, 2.45) is 0 Å². The number of allylic oxidation sites excluding steroid dienone is 1. The number of anilines is 1. The number of nitrogens with zero attached hydrogens (tertiary/aromatic N) is 1. The predicted molar refractivity (Wildman–Crippen MR) is 140 cm³/mol. The molecular formula is C26H23Cl2NOS2. The van der Waals surface area contributed by atoms with E-state index < -0.39 is 0 Å². The second-order valence-electron chi connectivity index (χ2n) is 7.32. The Morgan fingerprint density at radius 3 is 2.06 bits per heavy atom. The van der Waals surface area contributed by atoms with Gasteiger partial charge in [0, 0.05) is 57.9 Å². The minimum absolute atomic E-state index is 0.0865. The van der Waals surface area contributed by atoms with Crippen LogP contribution < -0.4 is 4.90 Å². The number of benzene rings is 3. The van der Waals surface area contributed by atoms with E-state index in [1.54, 1.807) is 23.5 Å². The molecule has 0 atom stereocenters. The van der Waals surface area contributed by atoms with Crippen LogP contribution in [0.25, 0.3) is 0 Å². The molecule has 164 valence electrons. The number of hydrogen-bond donors (Lipinski definition) is 0. The average molecular weight is 501 g/mol. The van der Waals surface area contributed by atoms with Crippen LogP contribution in [0.3, 0.4) is 0 Å². The van der Waals surface area contributed by atoms with Crippen molar-refractivity contribution < 1.29 is 4.79 Å². The van der Waals surface area contributed by atoms with Gasteiger partial charge in [-0.05, 0) is 23.8 Å². The number of alkyl halides is 2. The van der Waals surface area contributed by atoms with Gasteiger partial charge in [-0.1, -0.05) is 84.2 Å². The summed E-state index contributed by atoms with van der Waals surface area (Å²) in [6.45, 7) is 1.50. The quantitative estimate of drug-likeness (QED) is 0.172. The molecule has 0 bridgehead atoms. The van der Waals surface area contributed by atoms with E-state index in [0.717, 1.165) is 39.7 Å². The first-order valence-corrected chi connectivity index (χ1v) is 13.1. The van der Waals surface area contributed by atoms with Crippen molar-refractivity contribution in [3.05, 3.63) is 99.8 Å². The van der Waals surface area contributed by atoms with Crippen molar-refractivity contribution in [2.45, 2.75) is 16.2 Å². The third-order valence-electron chi connectivity index (χ3n) is 5.19. The molecule has 0 aromatic heterocycles. The maximum absolute atomic E-state index is 13.5. The number of carbonyl (C=O) groups is 1. The SMILES string of the molecule is O=C(/C(Cc1ccccc1)=C1/Sc2ccc(N(CCCl)CCCl)cc2S1)c1ccccc1. The van der Waals surface area contributed by atoms with Crippen molar-refractivity contribution in [1.82, 2.24) is 0 Å². The highest BCUT2D eigenvalue weighted by Gasteiger charge is 2.26. The van der Waals surface area contributed by atoms with Gasteiger partial charge >= 0.3 is 0 Å². The van der Waals surface area contributed by atoms with Crippen molar-refractivity contribution in [3.63, 3.8) is 0 Å². The summed E-state index contributed by atoms with van der Waals surface area (Å²) >= 11 is 15.4. The Kier molecular flexibility index (Phi) is 8.26. The van der Waals surface area contributed by atoms with Crippen LogP contribution in [-0.4, -0.2) is 30.6 Å². The number of Topliss-reactive ketones (excluding diaryl/α,β-unsaturated/α-hetero) is 1. The highest BCUT2D eigenvalue weighted by molar-refractivity contribution is 8.24. The number of fused-ring (bicyclic) bond motifs is 1. The summed E-state index contributed by atoms with van der Waals surface area (Å²) in [6.07, 6.45) is 0.607. The standard InChI is InChI=1S/C26H23Cl2NOS2/c27-13-15-29(16-14-28)21-11-12-23-24(18-21)32-26(31-23)22(17-19-7-3-1-4-8-19)25(30)20-9-5-2-6-10-20/h1-12,18H,13-17H2/b26-22-. The van der Waals surface area contributed by atoms with E-state index in [1.807, 2.05) is 48.5 Å². The molecular weight excluding hydrogens is 477 g/mol. The lowest BCUT2D eigenvalue weighted by molar-refractivity contribution is 0.103. The molecule has 0 saturated carbocycles. The largest absolute Gasteiger partial charge is 0.369 e. The van der Waals surface area contributed by atoms with Crippen molar-refractivity contribution in [2.75, 3.05) is 29.7 Å². The molecule has 0 aliphatic carbocycles. The topological polar surface area (TPSA) is 20.3 Å². The van der Waals surface area contributed by atoms with Gasteiger partial charge in [-0.3, -0.25) is 4.79 Å². The molecule has 1 aliphatic rings.